The molecule has 0 fully saturated rings. The molecule has 0 aliphatic carbocycles. The summed E-state index contributed by atoms with van der Waals surface area (Å²) in [6, 6.07) is 16.5. The molecule has 2 nitrogen and oxygen atoms in total. The molecular weight excluding hydrogens is 392 g/mol. The number of aromatic nitrogens is 2. The molecule has 0 atom stereocenters. The number of hydrogen-bond acceptors (Lipinski definition) is 1. The van der Waals surface area contributed by atoms with Crippen LogP contribution in [0.15, 0.2) is 57.5 Å². The molecule has 0 radical (unpaired) electrons. The summed E-state index contributed by atoms with van der Waals surface area (Å²) in [6.07, 6.45) is 0.788. The van der Waals surface area contributed by atoms with Gasteiger partial charge in [0.2, 0.25) is 0 Å². The maximum atomic E-state index is 4.76. The highest BCUT2D eigenvalue weighted by molar-refractivity contribution is 9.10. The standard InChI is InChI=1S/C17H14Br2N2/c1-11-17(13-6-4-7-14(18)9-13)21-16(20-11)10-12-5-2-3-8-15(12)19/h2-9H,10H2,1H3,(H,20,21). The number of benzene rings is 2. The average Bonchev–Trinajstić information content (AvgIpc) is 2.82. The summed E-state index contributed by atoms with van der Waals surface area (Å²) < 4.78 is 2.18. The zero-order chi connectivity index (χ0) is 14.8. The van der Waals surface area contributed by atoms with Gasteiger partial charge in [-0.1, -0.05) is 62.2 Å². The van der Waals surface area contributed by atoms with E-state index in [9.17, 15) is 0 Å². The Bertz CT molecular complexity index is 778. The fourth-order valence-electron chi connectivity index (χ4n) is 2.35. The van der Waals surface area contributed by atoms with Crippen LogP contribution in [0, 0.1) is 6.92 Å². The molecule has 3 aromatic rings. The maximum absolute atomic E-state index is 4.76. The molecule has 0 amide bonds. The molecular formula is C17H14Br2N2. The maximum Gasteiger partial charge on any atom is 0.111 e. The van der Waals surface area contributed by atoms with Crippen molar-refractivity contribution < 1.29 is 0 Å². The van der Waals surface area contributed by atoms with Crippen molar-refractivity contribution in [2.24, 2.45) is 0 Å². The molecule has 0 bridgehead atoms. The van der Waals surface area contributed by atoms with E-state index in [4.69, 9.17) is 4.98 Å². The third-order valence-corrected chi connectivity index (χ3v) is 4.61. The van der Waals surface area contributed by atoms with E-state index in [1.165, 1.54) is 5.56 Å². The first-order valence-corrected chi connectivity index (χ1v) is 8.27. The lowest BCUT2D eigenvalue weighted by Crippen LogP contribution is -1.92. The van der Waals surface area contributed by atoms with Crippen LogP contribution in [0.4, 0.5) is 0 Å². The average molecular weight is 406 g/mol. The Morgan fingerprint density at radius 2 is 1.86 bits per heavy atom. The largest absolute Gasteiger partial charge is 0.345 e. The van der Waals surface area contributed by atoms with Crippen molar-refractivity contribution in [1.29, 1.82) is 0 Å². The first-order chi connectivity index (χ1) is 10.1. The molecule has 1 aromatic heterocycles. The van der Waals surface area contributed by atoms with Crippen molar-refractivity contribution in [2.45, 2.75) is 13.3 Å². The van der Waals surface area contributed by atoms with Crippen molar-refractivity contribution in [1.82, 2.24) is 9.97 Å². The minimum atomic E-state index is 0.788. The molecule has 3 rings (SSSR count). The highest BCUT2D eigenvalue weighted by Gasteiger charge is 2.10. The molecule has 4 heteroatoms. The van der Waals surface area contributed by atoms with Crippen LogP contribution in [0.5, 0.6) is 0 Å². The number of hydrogen-bond donors (Lipinski definition) is 1. The molecule has 21 heavy (non-hydrogen) atoms. The molecule has 1 N–H and O–H groups in total. The Hall–Kier alpha value is -1.39. The third-order valence-electron chi connectivity index (χ3n) is 3.35. The second kappa shape index (κ2) is 6.16. The number of H-pyrrole nitrogens is 1. The lowest BCUT2D eigenvalue weighted by Gasteiger charge is -2.01. The van der Waals surface area contributed by atoms with E-state index in [-0.39, 0.29) is 0 Å². The zero-order valence-corrected chi connectivity index (χ0v) is 14.7. The third kappa shape index (κ3) is 3.27. The van der Waals surface area contributed by atoms with Gasteiger partial charge in [-0.2, -0.15) is 0 Å². The van der Waals surface area contributed by atoms with Crippen LogP contribution in [0.1, 0.15) is 17.1 Å². The van der Waals surface area contributed by atoms with Crippen LogP contribution in [0.25, 0.3) is 11.3 Å². The Balaban J connectivity index is 1.93. The van der Waals surface area contributed by atoms with E-state index < -0.39 is 0 Å². The number of aromatic amines is 1. The Morgan fingerprint density at radius 1 is 1.05 bits per heavy atom. The predicted molar refractivity (Wildman–Crippen MR) is 93.4 cm³/mol. The normalized spacial score (nSPS) is 10.8. The van der Waals surface area contributed by atoms with Crippen LogP contribution in [-0.2, 0) is 6.42 Å². The molecule has 0 saturated heterocycles. The fraction of sp³-hybridized carbons (Fsp3) is 0.118. The molecule has 0 aliphatic heterocycles. The zero-order valence-electron chi connectivity index (χ0n) is 11.5. The van der Waals surface area contributed by atoms with Gasteiger partial charge in [-0.15, -0.1) is 0 Å². The van der Waals surface area contributed by atoms with Crippen LogP contribution < -0.4 is 0 Å². The molecule has 1 heterocycles. The van der Waals surface area contributed by atoms with Crippen LogP contribution in [0.3, 0.4) is 0 Å². The Morgan fingerprint density at radius 3 is 2.62 bits per heavy atom. The van der Waals surface area contributed by atoms with Gasteiger partial charge in [0.25, 0.3) is 0 Å². The molecule has 106 valence electrons. The van der Waals surface area contributed by atoms with Gasteiger partial charge in [-0.05, 0) is 30.7 Å². The van der Waals surface area contributed by atoms with Crippen molar-refractivity contribution in [2.75, 3.05) is 0 Å². The van der Waals surface area contributed by atoms with Crippen molar-refractivity contribution in [3.63, 3.8) is 0 Å². The minimum absolute atomic E-state index is 0.788. The van der Waals surface area contributed by atoms with Gasteiger partial charge >= 0.3 is 0 Å². The molecule has 0 saturated carbocycles. The van der Waals surface area contributed by atoms with Gasteiger partial charge in [0.15, 0.2) is 0 Å². The van der Waals surface area contributed by atoms with Gasteiger partial charge < -0.3 is 4.98 Å². The number of imidazole rings is 1. The lowest BCUT2D eigenvalue weighted by atomic mass is 10.1. The lowest BCUT2D eigenvalue weighted by molar-refractivity contribution is 1.01. The smallest absolute Gasteiger partial charge is 0.111 e. The van der Waals surface area contributed by atoms with Gasteiger partial charge in [0.1, 0.15) is 5.82 Å². The number of halogens is 2. The minimum Gasteiger partial charge on any atom is -0.345 e. The first kappa shape index (κ1) is 14.5. The van der Waals surface area contributed by atoms with Crippen LogP contribution in [0.2, 0.25) is 0 Å². The summed E-state index contributed by atoms with van der Waals surface area (Å²) in [6.45, 7) is 2.06. The second-order valence-electron chi connectivity index (χ2n) is 4.94. The van der Waals surface area contributed by atoms with Gasteiger partial charge in [-0.25, -0.2) is 4.98 Å². The number of nitrogens with zero attached hydrogens (tertiary/aromatic N) is 1. The van der Waals surface area contributed by atoms with Gasteiger partial charge in [0, 0.05) is 26.6 Å². The highest BCUT2D eigenvalue weighted by atomic mass is 79.9. The van der Waals surface area contributed by atoms with E-state index in [2.05, 4.69) is 68.0 Å². The fourth-order valence-corrected chi connectivity index (χ4v) is 3.17. The summed E-state index contributed by atoms with van der Waals surface area (Å²) in [4.78, 5) is 8.15. The monoisotopic (exact) mass is 404 g/mol. The van der Waals surface area contributed by atoms with E-state index in [1.54, 1.807) is 0 Å². The van der Waals surface area contributed by atoms with Gasteiger partial charge in [0.05, 0.1) is 5.69 Å². The summed E-state index contributed by atoms with van der Waals surface area (Å²) >= 11 is 7.10. The number of nitrogens with one attached hydrogen (secondary N) is 1. The van der Waals surface area contributed by atoms with Crippen LogP contribution in [-0.4, -0.2) is 9.97 Å². The first-order valence-electron chi connectivity index (χ1n) is 6.68. The summed E-state index contributed by atoms with van der Waals surface area (Å²) in [7, 11) is 0. The van der Waals surface area contributed by atoms with Gasteiger partial charge in [-0.3, -0.25) is 0 Å². The van der Waals surface area contributed by atoms with E-state index in [0.29, 0.717) is 0 Å². The molecule has 2 aromatic carbocycles. The van der Waals surface area contributed by atoms with E-state index in [0.717, 1.165) is 38.1 Å². The molecule has 0 spiro atoms. The second-order valence-corrected chi connectivity index (χ2v) is 6.71. The SMILES string of the molecule is Cc1[nH]c(Cc2ccccc2Br)nc1-c1cccc(Br)c1. The summed E-state index contributed by atoms with van der Waals surface area (Å²) in [5.41, 5.74) is 4.46. The van der Waals surface area contributed by atoms with Crippen LogP contribution >= 0.6 is 31.9 Å². The van der Waals surface area contributed by atoms with E-state index >= 15 is 0 Å². The highest BCUT2D eigenvalue weighted by Crippen LogP contribution is 2.26. The number of aryl methyl sites for hydroxylation is 1. The summed E-state index contributed by atoms with van der Waals surface area (Å²) in [5, 5.41) is 0. The predicted octanol–water partition coefficient (Wildman–Crippen LogP) is 5.50. The van der Waals surface area contributed by atoms with E-state index in [1.807, 2.05) is 24.3 Å². The van der Waals surface area contributed by atoms with Crippen molar-refractivity contribution >= 4 is 31.9 Å². The van der Waals surface area contributed by atoms with Crippen molar-refractivity contribution in [3.8, 4) is 11.3 Å². The number of rotatable bonds is 3. The Labute approximate surface area is 140 Å². The Kier molecular flexibility index (Phi) is 4.27. The molecule has 0 unspecified atom stereocenters. The summed E-state index contributed by atoms with van der Waals surface area (Å²) in [5.74, 6) is 0.981. The topological polar surface area (TPSA) is 28.7 Å². The van der Waals surface area contributed by atoms with Crippen molar-refractivity contribution in [3.05, 3.63) is 74.6 Å². The molecule has 0 aliphatic rings. The quantitative estimate of drug-likeness (QED) is 0.612.